The molecule has 0 N–H and O–H groups in total. The number of unbranched alkanes of at least 4 members (excludes halogenated alkanes) is 1. The Morgan fingerprint density at radius 2 is 2.19 bits per heavy atom. The van der Waals surface area contributed by atoms with Crippen LogP contribution in [0.3, 0.4) is 0 Å². The van der Waals surface area contributed by atoms with Crippen LogP contribution in [0.15, 0.2) is 24.3 Å². The molecular weight excluding hydrogens is 196 g/mol. The molecule has 0 radical (unpaired) electrons. The van der Waals surface area contributed by atoms with Crippen LogP contribution in [-0.2, 0) is 6.42 Å². The van der Waals surface area contributed by atoms with Gasteiger partial charge in [0.1, 0.15) is 5.75 Å². The predicted molar refractivity (Wildman–Crippen MR) is 68.8 cm³/mol. The van der Waals surface area contributed by atoms with Crippen LogP contribution in [0.5, 0.6) is 5.75 Å². The molecular formula is C15H20O. The van der Waals surface area contributed by atoms with E-state index in [1.165, 1.54) is 42.4 Å². The highest BCUT2D eigenvalue weighted by Crippen LogP contribution is 2.36. The Labute approximate surface area is 98.1 Å². The van der Waals surface area contributed by atoms with Gasteiger partial charge < -0.3 is 4.74 Å². The Hall–Kier alpha value is -1.24. The molecule has 0 atom stereocenters. The predicted octanol–water partition coefficient (Wildman–Crippen LogP) is 4.22. The summed E-state index contributed by atoms with van der Waals surface area (Å²) in [7, 11) is 1.77. The molecule has 0 saturated carbocycles. The SMILES string of the molecule is CCCCC1=CCCc2cccc(OC)c21. The van der Waals surface area contributed by atoms with E-state index in [0.717, 1.165) is 12.2 Å². The van der Waals surface area contributed by atoms with Crippen LogP contribution in [0.25, 0.3) is 5.57 Å². The Bertz CT molecular complexity index is 390. The van der Waals surface area contributed by atoms with Gasteiger partial charge in [-0.05, 0) is 42.9 Å². The van der Waals surface area contributed by atoms with Gasteiger partial charge in [-0.1, -0.05) is 31.6 Å². The van der Waals surface area contributed by atoms with E-state index in [1.54, 1.807) is 7.11 Å². The lowest BCUT2D eigenvalue weighted by Gasteiger charge is -2.20. The quantitative estimate of drug-likeness (QED) is 0.732. The maximum atomic E-state index is 5.48. The lowest BCUT2D eigenvalue weighted by molar-refractivity contribution is 0.412. The van der Waals surface area contributed by atoms with Crippen LogP contribution < -0.4 is 4.74 Å². The average molecular weight is 216 g/mol. The third kappa shape index (κ3) is 2.13. The molecule has 1 aliphatic rings. The molecule has 0 spiro atoms. The summed E-state index contributed by atoms with van der Waals surface area (Å²) < 4.78 is 5.48. The fourth-order valence-corrected chi connectivity index (χ4v) is 2.42. The van der Waals surface area contributed by atoms with Gasteiger partial charge in [-0.2, -0.15) is 0 Å². The number of hydrogen-bond acceptors (Lipinski definition) is 1. The maximum absolute atomic E-state index is 5.48. The molecule has 0 saturated heterocycles. The highest BCUT2D eigenvalue weighted by Gasteiger charge is 2.16. The topological polar surface area (TPSA) is 9.23 Å². The minimum atomic E-state index is 1.04. The van der Waals surface area contributed by atoms with E-state index < -0.39 is 0 Å². The third-order valence-electron chi connectivity index (χ3n) is 3.26. The number of ether oxygens (including phenoxy) is 1. The molecule has 0 aromatic heterocycles. The highest BCUT2D eigenvalue weighted by molar-refractivity contribution is 5.74. The van der Waals surface area contributed by atoms with E-state index >= 15 is 0 Å². The molecule has 1 aliphatic carbocycles. The lowest BCUT2D eigenvalue weighted by atomic mass is 9.87. The highest BCUT2D eigenvalue weighted by atomic mass is 16.5. The molecule has 16 heavy (non-hydrogen) atoms. The number of hydrogen-bond donors (Lipinski definition) is 0. The monoisotopic (exact) mass is 216 g/mol. The smallest absolute Gasteiger partial charge is 0.126 e. The second kappa shape index (κ2) is 5.20. The minimum Gasteiger partial charge on any atom is -0.496 e. The molecule has 0 fully saturated rings. The molecule has 0 aliphatic heterocycles. The van der Waals surface area contributed by atoms with Crippen molar-refractivity contribution in [3.05, 3.63) is 35.4 Å². The van der Waals surface area contributed by atoms with Crippen molar-refractivity contribution in [1.29, 1.82) is 0 Å². The number of aryl methyl sites for hydroxylation is 1. The Morgan fingerprint density at radius 1 is 1.31 bits per heavy atom. The van der Waals surface area contributed by atoms with Gasteiger partial charge in [0, 0.05) is 5.56 Å². The standard InChI is InChI=1S/C15H20O/c1-3-4-7-12-8-5-9-13-10-6-11-14(16-2)15(12)13/h6,8,10-11H,3-5,7,9H2,1-2H3. The van der Waals surface area contributed by atoms with Crippen molar-refractivity contribution in [1.82, 2.24) is 0 Å². The van der Waals surface area contributed by atoms with Crippen LogP contribution in [-0.4, -0.2) is 7.11 Å². The molecule has 1 nitrogen and oxygen atoms in total. The second-order valence-corrected chi connectivity index (χ2v) is 4.37. The Kier molecular flexibility index (Phi) is 3.66. The van der Waals surface area contributed by atoms with Gasteiger partial charge in [-0.3, -0.25) is 0 Å². The van der Waals surface area contributed by atoms with E-state index in [0.29, 0.717) is 0 Å². The maximum Gasteiger partial charge on any atom is 0.126 e. The summed E-state index contributed by atoms with van der Waals surface area (Å²) in [5, 5.41) is 0. The van der Waals surface area contributed by atoms with Gasteiger partial charge in [0.05, 0.1) is 7.11 Å². The molecule has 0 unspecified atom stereocenters. The summed E-state index contributed by atoms with van der Waals surface area (Å²) in [4.78, 5) is 0. The first-order valence-corrected chi connectivity index (χ1v) is 6.22. The first-order chi connectivity index (χ1) is 7.86. The Morgan fingerprint density at radius 3 is 2.94 bits per heavy atom. The van der Waals surface area contributed by atoms with Crippen molar-refractivity contribution < 1.29 is 4.74 Å². The molecule has 1 heteroatoms. The second-order valence-electron chi connectivity index (χ2n) is 4.37. The molecule has 1 aromatic carbocycles. The van der Waals surface area contributed by atoms with E-state index in [-0.39, 0.29) is 0 Å². The molecule has 0 amide bonds. The van der Waals surface area contributed by atoms with E-state index in [1.807, 2.05) is 0 Å². The van der Waals surface area contributed by atoms with Crippen LogP contribution >= 0.6 is 0 Å². The lowest BCUT2D eigenvalue weighted by Crippen LogP contribution is -2.02. The Balaban J connectivity index is 2.35. The van der Waals surface area contributed by atoms with E-state index in [4.69, 9.17) is 4.74 Å². The summed E-state index contributed by atoms with van der Waals surface area (Å²) in [6, 6.07) is 6.40. The van der Waals surface area contributed by atoms with Gasteiger partial charge in [0.2, 0.25) is 0 Å². The number of benzene rings is 1. The molecule has 0 bridgehead atoms. The first-order valence-electron chi connectivity index (χ1n) is 6.22. The zero-order chi connectivity index (χ0) is 11.4. The third-order valence-corrected chi connectivity index (χ3v) is 3.26. The van der Waals surface area contributed by atoms with Gasteiger partial charge >= 0.3 is 0 Å². The fourth-order valence-electron chi connectivity index (χ4n) is 2.42. The summed E-state index contributed by atoms with van der Waals surface area (Å²) in [6.07, 6.45) is 8.43. The van der Waals surface area contributed by atoms with Crippen LogP contribution in [0.2, 0.25) is 0 Å². The zero-order valence-corrected chi connectivity index (χ0v) is 10.3. The van der Waals surface area contributed by atoms with E-state index in [2.05, 4.69) is 31.2 Å². The molecule has 86 valence electrons. The van der Waals surface area contributed by atoms with Gasteiger partial charge in [0.25, 0.3) is 0 Å². The summed E-state index contributed by atoms with van der Waals surface area (Å²) in [5.74, 6) is 1.04. The van der Waals surface area contributed by atoms with Crippen molar-refractivity contribution in [2.24, 2.45) is 0 Å². The molecule has 0 heterocycles. The van der Waals surface area contributed by atoms with Crippen molar-refractivity contribution in [3.8, 4) is 5.75 Å². The summed E-state index contributed by atoms with van der Waals surface area (Å²) in [6.45, 7) is 2.24. The molecule has 2 rings (SSSR count). The molecule has 1 aromatic rings. The first kappa shape index (κ1) is 11.3. The normalized spacial score (nSPS) is 14.2. The van der Waals surface area contributed by atoms with Crippen molar-refractivity contribution >= 4 is 5.57 Å². The number of fused-ring (bicyclic) bond motifs is 1. The largest absolute Gasteiger partial charge is 0.496 e. The average Bonchev–Trinajstić information content (AvgIpc) is 2.35. The fraction of sp³-hybridized carbons (Fsp3) is 0.467. The van der Waals surface area contributed by atoms with Gasteiger partial charge in [-0.15, -0.1) is 0 Å². The number of rotatable bonds is 4. The van der Waals surface area contributed by atoms with Crippen molar-refractivity contribution in [3.63, 3.8) is 0 Å². The van der Waals surface area contributed by atoms with Crippen molar-refractivity contribution in [2.45, 2.75) is 39.0 Å². The van der Waals surface area contributed by atoms with Crippen LogP contribution in [0, 0.1) is 0 Å². The zero-order valence-electron chi connectivity index (χ0n) is 10.3. The number of allylic oxidation sites excluding steroid dienone is 2. The summed E-state index contributed by atoms with van der Waals surface area (Å²) >= 11 is 0. The van der Waals surface area contributed by atoms with Crippen LogP contribution in [0.1, 0.15) is 43.7 Å². The van der Waals surface area contributed by atoms with E-state index in [9.17, 15) is 0 Å². The van der Waals surface area contributed by atoms with Gasteiger partial charge in [0.15, 0.2) is 0 Å². The summed E-state index contributed by atoms with van der Waals surface area (Å²) in [5.41, 5.74) is 4.30. The van der Waals surface area contributed by atoms with Crippen molar-refractivity contribution in [2.75, 3.05) is 7.11 Å². The minimum absolute atomic E-state index is 1.04. The number of methoxy groups -OCH3 is 1. The van der Waals surface area contributed by atoms with Gasteiger partial charge in [-0.25, -0.2) is 0 Å². The van der Waals surface area contributed by atoms with Crippen LogP contribution in [0.4, 0.5) is 0 Å².